The Bertz CT molecular complexity index is 722. The van der Waals surface area contributed by atoms with Crippen LogP contribution in [0.25, 0.3) is 10.7 Å². The molecule has 0 saturated carbocycles. The smallest absolute Gasteiger partial charge is 0.208 e. The maximum atomic E-state index is 4.31. The molecule has 0 unspecified atom stereocenters. The van der Waals surface area contributed by atoms with E-state index in [1.165, 1.54) is 11.1 Å². The lowest BCUT2D eigenvalue weighted by Gasteiger charge is -2.15. The van der Waals surface area contributed by atoms with Crippen LogP contribution in [-0.4, -0.2) is 22.2 Å². The van der Waals surface area contributed by atoms with Gasteiger partial charge in [0.2, 0.25) is 5.13 Å². The highest BCUT2D eigenvalue weighted by atomic mass is 32.1. The molecule has 0 saturated heterocycles. The van der Waals surface area contributed by atoms with Crippen LogP contribution in [0.15, 0.2) is 48.7 Å². The van der Waals surface area contributed by atoms with Gasteiger partial charge in [0, 0.05) is 19.8 Å². The molecule has 1 aromatic carbocycles. The zero-order valence-electron chi connectivity index (χ0n) is 12.7. The summed E-state index contributed by atoms with van der Waals surface area (Å²) in [4.78, 5) is 6.43. The SMILES string of the molecule is CCc1ccc(CN(C)c2nnc(-c3ccccn3)s2)cc1. The van der Waals surface area contributed by atoms with Crippen LogP contribution in [0.3, 0.4) is 0 Å². The van der Waals surface area contributed by atoms with Crippen molar-refractivity contribution in [3.8, 4) is 10.7 Å². The van der Waals surface area contributed by atoms with Gasteiger partial charge in [0.1, 0.15) is 5.69 Å². The summed E-state index contributed by atoms with van der Waals surface area (Å²) in [6.07, 6.45) is 2.84. The van der Waals surface area contributed by atoms with E-state index >= 15 is 0 Å². The van der Waals surface area contributed by atoms with Crippen molar-refractivity contribution in [2.75, 3.05) is 11.9 Å². The van der Waals surface area contributed by atoms with Gasteiger partial charge in [-0.2, -0.15) is 0 Å². The van der Waals surface area contributed by atoms with Gasteiger partial charge < -0.3 is 4.90 Å². The quantitative estimate of drug-likeness (QED) is 0.719. The van der Waals surface area contributed by atoms with Crippen molar-refractivity contribution in [2.24, 2.45) is 0 Å². The standard InChI is InChI=1S/C17H18N4S/c1-3-13-7-9-14(10-8-13)12-21(2)17-20-19-16(22-17)15-6-4-5-11-18-15/h4-11H,3,12H2,1-2H3. The van der Waals surface area contributed by atoms with Crippen LogP contribution in [0.2, 0.25) is 0 Å². The molecule has 0 atom stereocenters. The Labute approximate surface area is 134 Å². The van der Waals surface area contributed by atoms with E-state index < -0.39 is 0 Å². The van der Waals surface area contributed by atoms with Gasteiger partial charge in [-0.05, 0) is 29.7 Å². The predicted octanol–water partition coefficient (Wildman–Crippen LogP) is 3.80. The average molecular weight is 310 g/mol. The molecular weight excluding hydrogens is 292 g/mol. The molecule has 112 valence electrons. The normalized spacial score (nSPS) is 10.6. The average Bonchev–Trinajstić information content (AvgIpc) is 3.06. The van der Waals surface area contributed by atoms with E-state index in [2.05, 4.69) is 51.3 Å². The van der Waals surface area contributed by atoms with Crippen LogP contribution >= 0.6 is 11.3 Å². The fraction of sp³-hybridized carbons (Fsp3) is 0.235. The molecule has 0 fully saturated rings. The van der Waals surface area contributed by atoms with Gasteiger partial charge in [0.05, 0.1) is 0 Å². The highest BCUT2D eigenvalue weighted by Crippen LogP contribution is 2.27. The molecule has 0 aliphatic carbocycles. The lowest BCUT2D eigenvalue weighted by Crippen LogP contribution is -2.16. The Morgan fingerprint density at radius 2 is 1.77 bits per heavy atom. The lowest BCUT2D eigenvalue weighted by atomic mass is 10.1. The molecule has 0 spiro atoms. The molecule has 0 aliphatic heterocycles. The molecule has 0 N–H and O–H groups in total. The number of benzene rings is 1. The van der Waals surface area contributed by atoms with E-state index in [1.54, 1.807) is 17.5 Å². The van der Waals surface area contributed by atoms with Gasteiger partial charge in [-0.15, -0.1) is 10.2 Å². The van der Waals surface area contributed by atoms with Crippen molar-refractivity contribution in [3.05, 3.63) is 59.8 Å². The van der Waals surface area contributed by atoms with Crippen LogP contribution in [0.4, 0.5) is 5.13 Å². The number of pyridine rings is 1. The van der Waals surface area contributed by atoms with Gasteiger partial charge in [-0.1, -0.05) is 48.6 Å². The summed E-state index contributed by atoms with van der Waals surface area (Å²) in [6, 6.07) is 14.5. The number of aryl methyl sites for hydroxylation is 1. The van der Waals surface area contributed by atoms with E-state index in [9.17, 15) is 0 Å². The van der Waals surface area contributed by atoms with Crippen molar-refractivity contribution in [3.63, 3.8) is 0 Å². The van der Waals surface area contributed by atoms with Gasteiger partial charge in [0.25, 0.3) is 0 Å². The third-order valence-electron chi connectivity index (χ3n) is 3.48. The largest absolute Gasteiger partial charge is 0.345 e. The molecule has 0 bridgehead atoms. The Balaban J connectivity index is 1.72. The minimum absolute atomic E-state index is 0.820. The monoisotopic (exact) mass is 310 g/mol. The second-order valence-electron chi connectivity index (χ2n) is 5.13. The zero-order chi connectivity index (χ0) is 15.4. The molecule has 4 nitrogen and oxygen atoms in total. The number of anilines is 1. The maximum absolute atomic E-state index is 4.31. The summed E-state index contributed by atoms with van der Waals surface area (Å²) in [5.74, 6) is 0. The van der Waals surface area contributed by atoms with Crippen molar-refractivity contribution >= 4 is 16.5 Å². The third kappa shape index (κ3) is 3.31. The fourth-order valence-electron chi connectivity index (χ4n) is 2.18. The first-order chi connectivity index (χ1) is 10.8. The molecule has 0 aliphatic rings. The second kappa shape index (κ2) is 6.66. The molecule has 22 heavy (non-hydrogen) atoms. The predicted molar refractivity (Wildman–Crippen MR) is 91.1 cm³/mol. The minimum atomic E-state index is 0.820. The summed E-state index contributed by atoms with van der Waals surface area (Å²) in [5.41, 5.74) is 3.50. The van der Waals surface area contributed by atoms with Gasteiger partial charge in [-0.25, -0.2) is 0 Å². The number of rotatable bonds is 5. The van der Waals surface area contributed by atoms with Crippen LogP contribution in [0.1, 0.15) is 18.1 Å². The summed E-state index contributed by atoms with van der Waals surface area (Å²) in [6.45, 7) is 2.99. The van der Waals surface area contributed by atoms with Gasteiger partial charge >= 0.3 is 0 Å². The first kappa shape index (κ1) is 14.7. The van der Waals surface area contributed by atoms with Gasteiger partial charge in [-0.3, -0.25) is 4.98 Å². The van der Waals surface area contributed by atoms with Crippen molar-refractivity contribution in [2.45, 2.75) is 19.9 Å². The zero-order valence-corrected chi connectivity index (χ0v) is 13.5. The minimum Gasteiger partial charge on any atom is -0.345 e. The van der Waals surface area contributed by atoms with E-state index in [-0.39, 0.29) is 0 Å². The summed E-state index contributed by atoms with van der Waals surface area (Å²) < 4.78 is 0. The molecule has 5 heteroatoms. The Hall–Kier alpha value is -2.27. The van der Waals surface area contributed by atoms with E-state index in [0.717, 1.165) is 28.8 Å². The highest BCUT2D eigenvalue weighted by Gasteiger charge is 2.11. The van der Waals surface area contributed by atoms with Crippen molar-refractivity contribution in [1.29, 1.82) is 0 Å². The van der Waals surface area contributed by atoms with Crippen LogP contribution < -0.4 is 4.90 Å². The number of aromatic nitrogens is 3. The topological polar surface area (TPSA) is 41.9 Å². The van der Waals surface area contributed by atoms with Crippen molar-refractivity contribution < 1.29 is 0 Å². The van der Waals surface area contributed by atoms with E-state index in [0.29, 0.717) is 0 Å². The van der Waals surface area contributed by atoms with Gasteiger partial charge in [0.15, 0.2) is 5.01 Å². The summed E-state index contributed by atoms with van der Waals surface area (Å²) >= 11 is 1.56. The maximum Gasteiger partial charge on any atom is 0.208 e. The molecular formula is C17H18N4S. The highest BCUT2D eigenvalue weighted by molar-refractivity contribution is 7.18. The summed E-state index contributed by atoms with van der Waals surface area (Å²) in [7, 11) is 2.04. The summed E-state index contributed by atoms with van der Waals surface area (Å²) in [5, 5.41) is 10.3. The molecule has 3 rings (SSSR count). The van der Waals surface area contributed by atoms with E-state index in [4.69, 9.17) is 0 Å². The Morgan fingerprint density at radius 1 is 1.00 bits per heavy atom. The third-order valence-corrected chi connectivity index (χ3v) is 4.54. The number of nitrogens with zero attached hydrogens (tertiary/aromatic N) is 4. The molecule has 3 aromatic rings. The second-order valence-corrected chi connectivity index (χ2v) is 6.09. The van der Waals surface area contributed by atoms with Crippen LogP contribution in [0.5, 0.6) is 0 Å². The molecule has 0 radical (unpaired) electrons. The lowest BCUT2D eigenvalue weighted by molar-refractivity contribution is 0.893. The number of hydrogen-bond acceptors (Lipinski definition) is 5. The van der Waals surface area contributed by atoms with Crippen LogP contribution in [0, 0.1) is 0 Å². The molecule has 0 amide bonds. The molecule has 2 aromatic heterocycles. The number of hydrogen-bond donors (Lipinski definition) is 0. The first-order valence-corrected chi connectivity index (χ1v) is 8.12. The molecule has 2 heterocycles. The fourth-order valence-corrected chi connectivity index (χ4v) is 2.97. The van der Waals surface area contributed by atoms with Crippen LogP contribution in [-0.2, 0) is 13.0 Å². The van der Waals surface area contributed by atoms with Crippen molar-refractivity contribution in [1.82, 2.24) is 15.2 Å². The first-order valence-electron chi connectivity index (χ1n) is 7.30. The Kier molecular flexibility index (Phi) is 4.44. The Morgan fingerprint density at radius 3 is 2.45 bits per heavy atom. The van der Waals surface area contributed by atoms with E-state index in [1.807, 2.05) is 25.2 Å².